The highest BCUT2D eigenvalue weighted by Gasteiger charge is 2.11. The van der Waals surface area contributed by atoms with Gasteiger partial charge in [-0.1, -0.05) is 18.2 Å². The van der Waals surface area contributed by atoms with Gasteiger partial charge >= 0.3 is 5.97 Å². The SMILES string of the molecule is O=C(O)c1cc(=O)c2[nH]c3ccccc3c2[nH]1. The normalized spacial score (nSPS) is 11.1. The predicted molar refractivity (Wildman–Crippen MR) is 63.4 cm³/mol. The van der Waals surface area contributed by atoms with Crippen molar-refractivity contribution in [2.45, 2.75) is 0 Å². The third kappa shape index (κ3) is 1.32. The quantitative estimate of drug-likeness (QED) is 0.592. The van der Waals surface area contributed by atoms with Gasteiger partial charge in [-0.25, -0.2) is 4.79 Å². The molecule has 0 aliphatic rings. The van der Waals surface area contributed by atoms with Crippen LogP contribution in [0.3, 0.4) is 0 Å². The van der Waals surface area contributed by atoms with Gasteiger partial charge in [0.1, 0.15) is 11.2 Å². The van der Waals surface area contributed by atoms with E-state index in [4.69, 9.17) is 5.11 Å². The second-order valence-corrected chi connectivity index (χ2v) is 3.77. The summed E-state index contributed by atoms with van der Waals surface area (Å²) >= 11 is 0. The standard InChI is InChI=1S/C12H8N2O3/c15-9-5-8(12(16)17)14-10-6-3-1-2-4-7(6)13-11(9)10/h1-5,13H,(H,14,15)(H,16,17). The van der Waals surface area contributed by atoms with Gasteiger partial charge in [0.2, 0.25) is 5.43 Å². The van der Waals surface area contributed by atoms with Crippen LogP contribution in [-0.4, -0.2) is 21.0 Å². The van der Waals surface area contributed by atoms with Crippen LogP contribution in [-0.2, 0) is 0 Å². The Hall–Kier alpha value is -2.56. The molecule has 0 saturated heterocycles. The third-order valence-electron chi connectivity index (χ3n) is 2.72. The molecular formula is C12H8N2O3. The summed E-state index contributed by atoms with van der Waals surface area (Å²) in [6, 6.07) is 8.43. The molecule has 0 atom stereocenters. The molecule has 0 fully saturated rings. The first-order valence-electron chi connectivity index (χ1n) is 5.04. The van der Waals surface area contributed by atoms with E-state index >= 15 is 0 Å². The number of pyridine rings is 1. The summed E-state index contributed by atoms with van der Waals surface area (Å²) in [5, 5.41) is 9.71. The zero-order valence-electron chi connectivity index (χ0n) is 8.65. The second-order valence-electron chi connectivity index (χ2n) is 3.77. The molecule has 1 aromatic carbocycles. The number of benzene rings is 1. The fourth-order valence-electron chi connectivity index (χ4n) is 1.95. The Kier molecular flexibility index (Phi) is 1.82. The van der Waals surface area contributed by atoms with Crippen LogP contribution in [0.2, 0.25) is 0 Å². The third-order valence-corrected chi connectivity index (χ3v) is 2.72. The van der Waals surface area contributed by atoms with Crippen molar-refractivity contribution in [1.29, 1.82) is 0 Å². The van der Waals surface area contributed by atoms with Crippen LogP contribution >= 0.6 is 0 Å². The number of nitrogens with one attached hydrogen (secondary N) is 2. The summed E-state index contributed by atoms with van der Waals surface area (Å²) < 4.78 is 0. The van der Waals surface area contributed by atoms with Crippen molar-refractivity contribution in [2.24, 2.45) is 0 Å². The molecule has 0 amide bonds. The Morgan fingerprint density at radius 1 is 1.12 bits per heavy atom. The van der Waals surface area contributed by atoms with Gasteiger partial charge in [0.05, 0.1) is 5.52 Å². The minimum absolute atomic E-state index is 0.104. The number of rotatable bonds is 1. The summed E-state index contributed by atoms with van der Waals surface area (Å²) in [5.41, 5.74) is 1.31. The van der Waals surface area contributed by atoms with Crippen molar-refractivity contribution in [2.75, 3.05) is 0 Å². The first-order chi connectivity index (χ1) is 8.16. The van der Waals surface area contributed by atoms with Gasteiger partial charge in [0, 0.05) is 17.0 Å². The lowest BCUT2D eigenvalue weighted by Gasteiger charge is -1.95. The van der Waals surface area contributed by atoms with Crippen molar-refractivity contribution in [3.63, 3.8) is 0 Å². The van der Waals surface area contributed by atoms with Crippen LogP contribution < -0.4 is 5.43 Å². The molecule has 2 heterocycles. The first-order valence-corrected chi connectivity index (χ1v) is 5.04. The molecule has 84 valence electrons. The van der Waals surface area contributed by atoms with Gasteiger partial charge in [-0.05, 0) is 6.07 Å². The zero-order valence-corrected chi connectivity index (χ0v) is 8.65. The van der Waals surface area contributed by atoms with E-state index < -0.39 is 5.97 Å². The van der Waals surface area contributed by atoms with Crippen LogP contribution in [0.15, 0.2) is 35.1 Å². The molecule has 3 aromatic rings. The minimum atomic E-state index is -1.14. The maximum Gasteiger partial charge on any atom is 0.352 e. The molecule has 0 aliphatic heterocycles. The fourth-order valence-corrected chi connectivity index (χ4v) is 1.95. The van der Waals surface area contributed by atoms with Crippen molar-refractivity contribution in [3.8, 4) is 0 Å². The van der Waals surface area contributed by atoms with Gasteiger partial charge in [0.25, 0.3) is 0 Å². The van der Waals surface area contributed by atoms with Gasteiger partial charge in [-0.15, -0.1) is 0 Å². The number of H-pyrrole nitrogens is 2. The van der Waals surface area contributed by atoms with Crippen LogP contribution in [0, 0.1) is 0 Å². The molecule has 5 nitrogen and oxygen atoms in total. The Balaban J connectivity index is 2.55. The number of fused-ring (bicyclic) bond motifs is 3. The second kappa shape index (κ2) is 3.21. The number of hydrogen-bond donors (Lipinski definition) is 3. The Labute approximate surface area is 94.7 Å². The molecule has 3 rings (SSSR count). The lowest BCUT2D eigenvalue weighted by Crippen LogP contribution is -2.08. The number of carboxylic acids is 1. The smallest absolute Gasteiger partial charge is 0.352 e. The maximum atomic E-state index is 11.8. The van der Waals surface area contributed by atoms with Gasteiger partial charge < -0.3 is 15.1 Å². The average Bonchev–Trinajstić information content (AvgIpc) is 2.68. The van der Waals surface area contributed by atoms with E-state index in [-0.39, 0.29) is 11.1 Å². The minimum Gasteiger partial charge on any atom is -0.477 e. The summed E-state index contributed by atoms with van der Waals surface area (Å²) in [4.78, 5) is 28.4. The van der Waals surface area contributed by atoms with E-state index in [2.05, 4.69) is 9.97 Å². The number of hydrogen-bond acceptors (Lipinski definition) is 2. The van der Waals surface area contributed by atoms with E-state index in [9.17, 15) is 9.59 Å². The van der Waals surface area contributed by atoms with E-state index in [0.717, 1.165) is 17.0 Å². The van der Waals surface area contributed by atoms with Crippen LogP contribution in [0.25, 0.3) is 21.9 Å². The van der Waals surface area contributed by atoms with Crippen molar-refractivity contribution >= 4 is 27.9 Å². The Morgan fingerprint density at radius 3 is 2.65 bits per heavy atom. The first kappa shape index (κ1) is 9.65. The maximum absolute atomic E-state index is 11.8. The number of para-hydroxylation sites is 1. The molecular weight excluding hydrogens is 220 g/mol. The molecule has 2 aromatic heterocycles. The van der Waals surface area contributed by atoms with Crippen LogP contribution in [0.5, 0.6) is 0 Å². The van der Waals surface area contributed by atoms with Gasteiger partial charge in [0.15, 0.2) is 0 Å². The molecule has 17 heavy (non-hydrogen) atoms. The van der Waals surface area contributed by atoms with Crippen LogP contribution in [0.1, 0.15) is 10.5 Å². The molecule has 0 spiro atoms. The highest BCUT2D eigenvalue weighted by Crippen LogP contribution is 2.21. The molecule has 3 N–H and O–H groups in total. The predicted octanol–water partition coefficient (Wildman–Crippen LogP) is 1.71. The number of carboxylic acid groups (broad SMARTS) is 1. The molecule has 0 bridgehead atoms. The number of aromatic nitrogens is 2. The summed E-state index contributed by atoms with van der Waals surface area (Å²) in [7, 11) is 0. The molecule has 0 aliphatic carbocycles. The van der Waals surface area contributed by atoms with E-state index in [1.165, 1.54) is 0 Å². The molecule has 0 radical (unpaired) electrons. The average molecular weight is 228 g/mol. The van der Waals surface area contributed by atoms with Crippen molar-refractivity contribution < 1.29 is 9.90 Å². The van der Waals surface area contributed by atoms with Crippen LogP contribution in [0.4, 0.5) is 0 Å². The van der Waals surface area contributed by atoms with E-state index in [1.807, 2.05) is 24.3 Å². The highest BCUT2D eigenvalue weighted by atomic mass is 16.4. The highest BCUT2D eigenvalue weighted by molar-refractivity contribution is 6.05. The van der Waals surface area contributed by atoms with E-state index in [1.54, 1.807) is 0 Å². The number of carbonyl (C=O) groups is 1. The topological polar surface area (TPSA) is 85.9 Å². The summed E-state index contributed by atoms with van der Waals surface area (Å²) in [5.74, 6) is -1.14. The molecule has 5 heteroatoms. The Bertz CT molecular complexity index is 798. The lowest BCUT2D eigenvalue weighted by atomic mass is 10.2. The van der Waals surface area contributed by atoms with Crippen molar-refractivity contribution in [3.05, 3.63) is 46.2 Å². The zero-order chi connectivity index (χ0) is 12.0. The van der Waals surface area contributed by atoms with Gasteiger partial charge in [-0.3, -0.25) is 4.79 Å². The molecule has 0 unspecified atom stereocenters. The summed E-state index contributed by atoms with van der Waals surface area (Å²) in [6.45, 7) is 0. The lowest BCUT2D eigenvalue weighted by molar-refractivity contribution is 0.0691. The fraction of sp³-hybridized carbons (Fsp3) is 0. The monoisotopic (exact) mass is 228 g/mol. The van der Waals surface area contributed by atoms with Crippen molar-refractivity contribution in [1.82, 2.24) is 9.97 Å². The summed E-state index contributed by atoms with van der Waals surface area (Å²) in [6.07, 6.45) is 0. The number of aromatic amines is 2. The Morgan fingerprint density at radius 2 is 1.88 bits per heavy atom. The number of aromatic carboxylic acids is 1. The largest absolute Gasteiger partial charge is 0.477 e. The van der Waals surface area contributed by atoms with Gasteiger partial charge in [-0.2, -0.15) is 0 Å². The molecule has 0 saturated carbocycles. The van der Waals surface area contributed by atoms with E-state index in [0.29, 0.717) is 11.0 Å².